The molecule has 1 unspecified atom stereocenters. The van der Waals surface area contributed by atoms with Gasteiger partial charge in [-0.05, 0) is 38.8 Å². The minimum Gasteiger partial charge on any atom is -0.365 e. The molecule has 3 nitrogen and oxygen atoms in total. The van der Waals surface area contributed by atoms with Gasteiger partial charge in [0.05, 0.1) is 6.54 Å². The molecule has 5 heteroatoms. The fourth-order valence-corrected chi connectivity index (χ4v) is 2.65. The van der Waals surface area contributed by atoms with Gasteiger partial charge in [0.2, 0.25) is 0 Å². The van der Waals surface area contributed by atoms with E-state index in [0.29, 0.717) is 6.04 Å². The average Bonchev–Trinajstić information content (AvgIpc) is 2.51. The first kappa shape index (κ1) is 10.1. The molecule has 0 amide bonds. The van der Waals surface area contributed by atoms with Crippen LogP contribution in [0.4, 0.5) is 0 Å². The molecular weight excluding hydrogens is 310 g/mol. The fourth-order valence-electron chi connectivity index (χ4n) is 1.34. The molecule has 1 atom stereocenters. The summed E-state index contributed by atoms with van der Waals surface area (Å²) >= 11 is 6.93. The Morgan fingerprint density at radius 2 is 2.00 bits per heavy atom. The van der Waals surface area contributed by atoms with Crippen LogP contribution in [0.1, 0.15) is 12.5 Å². The van der Waals surface area contributed by atoms with Crippen molar-refractivity contribution in [3.63, 3.8) is 0 Å². The van der Waals surface area contributed by atoms with Crippen LogP contribution in [-0.4, -0.2) is 23.4 Å². The molecule has 14 heavy (non-hydrogen) atoms. The molecule has 1 aromatic rings. The van der Waals surface area contributed by atoms with Gasteiger partial charge < -0.3 is 5.32 Å². The Kier molecular flexibility index (Phi) is 2.88. The van der Waals surface area contributed by atoms with Crippen molar-refractivity contribution >= 4 is 37.7 Å². The van der Waals surface area contributed by atoms with E-state index in [9.17, 15) is 0 Å². The van der Waals surface area contributed by atoms with E-state index in [1.54, 1.807) is 12.4 Å². The zero-order valence-electron chi connectivity index (χ0n) is 7.59. The number of halogens is 2. The lowest BCUT2D eigenvalue weighted by Crippen LogP contribution is -2.28. The van der Waals surface area contributed by atoms with E-state index < -0.39 is 0 Å². The lowest BCUT2D eigenvalue weighted by Gasteiger charge is -2.09. The topological polar surface area (TPSA) is 37.3 Å². The van der Waals surface area contributed by atoms with Crippen LogP contribution < -0.4 is 5.32 Å². The normalized spacial score (nSPS) is 20.5. The number of rotatable bonds is 1. The van der Waals surface area contributed by atoms with Gasteiger partial charge in [-0.3, -0.25) is 9.98 Å². The van der Waals surface area contributed by atoms with E-state index >= 15 is 0 Å². The van der Waals surface area contributed by atoms with E-state index in [-0.39, 0.29) is 0 Å². The van der Waals surface area contributed by atoms with Gasteiger partial charge in [0.15, 0.2) is 0 Å². The van der Waals surface area contributed by atoms with Crippen molar-refractivity contribution in [2.75, 3.05) is 6.54 Å². The van der Waals surface area contributed by atoms with E-state index in [1.807, 2.05) is 0 Å². The average molecular weight is 319 g/mol. The summed E-state index contributed by atoms with van der Waals surface area (Å²) in [4.78, 5) is 8.48. The predicted octanol–water partition coefficient (Wildman–Crippen LogP) is 2.34. The molecular formula is C9H9Br2N3. The summed E-state index contributed by atoms with van der Waals surface area (Å²) in [6, 6.07) is 0.414. The molecule has 0 bridgehead atoms. The third-order valence-corrected chi connectivity index (χ3v) is 3.20. The van der Waals surface area contributed by atoms with Gasteiger partial charge in [0.25, 0.3) is 0 Å². The number of amidine groups is 1. The zero-order valence-corrected chi connectivity index (χ0v) is 10.8. The quantitative estimate of drug-likeness (QED) is 0.863. The van der Waals surface area contributed by atoms with Crippen molar-refractivity contribution in [3.8, 4) is 0 Å². The largest absolute Gasteiger partial charge is 0.365 e. The highest BCUT2D eigenvalue weighted by Crippen LogP contribution is 2.25. The standard InChI is InChI=1S/C9H9Br2N3/c1-5-2-13-9(14-5)8-6(10)3-12-4-7(8)11/h3-5H,2H2,1H3,(H,13,14). The maximum Gasteiger partial charge on any atom is 0.131 e. The maximum atomic E-state index is 4.43. The predicted molar refractivity (Wildman–Crippen MR) is 63.6 cm³/mol. The van der Waals surface area contributed by atoms with Crippen LogP contribution in [0.25, 0.3) is 0 Å². The number of nitrogens with one attached hydrogen (secondary N) is 1. The van der Waals surface area contributed by atoms with Crippen LogP contribution in [0.2, 0.25) is 0 Å². The van der Waals surface area contributed by atoms with E-state index in [1.165, 1.54) is 0 Å². The molecule has 0 saturated heterocycles. The van der Waals surface area contributed by atoms with Gasteiger partial charge in [-0.1, -0.05) is 0 Å². The van der Waals surface area contributed by atoms with Crippen molar-refractivity contribution in [1.29, 1.82) is 0 Å². The van der Waals surface area contributed by atoms with Gasteiger partial charge in [-0.15, -0.1) is 0 Å². The number of aliphatic imine (C=N–C) groups is 1. The minimum atomic E-state index is 0.414. The van der Waals surface area contributed by atoms with Gasteiger partial charge >= 0.3 is 0 Å². The smallest absolute Gasteiger partial charge is 0.131 e. The minimum absolute atomic E-state index is 0.414. The van der Waals surface area contributed by atoms with Crippen molar-refractivity contribution in [3.05, 3.63) is 26.9 Å². The molecule has 0 spiro atoms. The third-order valence-electron chi connectivity index (χ3n) is 2.00. The highest BCUT2D eigenvalue weighted by atomic mass is 79.9. The van der Waals surface area contributed by atoms with Gasteiger partial charge in [0, 0.05) is 32.9 Å². The summed E-state index contributed by atoms with van der Waals surface area (Å²) < 4.78 is 1.90. The van der Waals surface area contributed by atoms with Crippen molar-refractivity contribution in [1.82, 2.24) is 10.3 Å². The number of nitrogens with zero attached hydrogens (tertiary/aromatic N) is 2. The fraction of sp³-hybridized carbons (Fsp3) is 0.333. The number of pyridine rings is 1. The summed E-state index contributed by atoms with van der Waals surface area (Å²) in [6.45, 7) is 2.94. The first-order valence-corrected chi connectivity index (χ1v) is 5.87. The lowest BCUT2D eigenvalue weighted by molar-refractivity contribution is 0.726. The Balaban J connectivity index is 2.42. The third kappa shape index (κ3) is 1.83. The zero-order chi connectivity index (χ0) is 10.1. The highest BCUT2D eigenvalue weighted by molar-refractivity contribution is 9.11. The summed E-state index contributed by atoms with van der Waals surface area (Å²) in [6.07, 6.45) is 3.54. The molecule has 1 N–H and O–H groups in total. The molecule has 0 radical (unpaired) electrons. The van der Waals surface area contributed by atoms with Gasteiger partial charge in [-0.2, -0.15) is 0 Å². The Labute approximate surface area is 99.3 Å². The van der Waals surface area contributed by atoms with Crippen LogP contribution in [0.15, 0.2) is 26.3 Å². The summed E-state index contributed by atoms with van der Waals surface area (Å²) in [5, 5.41) is 3.31. The SMILES string of the molecule is CC1CN=C(c2c(Br)cncc2Br)N1. The van der Waals surface area contributed by atoms with E-state index in [4.69, 9.17) is 0 Å². The molecule has 0 fully saturated rings. The number of aromatic nitrogens is 1. The van der Waals surface area contributed by atoms with Crippen LogP contribution in [0, 0.1) is 0 Å². The monoisotopic (exact) mass is 317 g/mol. The first-order valence-electron chi connectivity index (χ1n) is 4.29. The maximum absolute atomic E-state index is 4.43. The second-order valence-electron chi connectivity index (χ2n) is 3.21. The Morgan fingerprint density at radius 1 is 1.36 bits per heavy atom. The molecule has 0 aromatic carbocycles. The second-order valence-corrected chi connectivity index (χ2v) is 4.92. The van der Waals surface area contributed by atoms with Gasteiger partial charge in [-0.25, -0.2) is 0 Å². The molecule has 2 heterocycles. The molecule has 74 valence electrons. The number of hydrogen-bond donors (Lipinski definition) is 1. The van der Waals surface area contributed by atoms with Gasteiger partial charge in [0.1, 0.15) is 5.84 Å². The van der Waals surface area contributed by atoms with Crippen LogP contribution in [0.3, 0.4) is 0 Å². The molecule has 0 aliphatic carbocycles. The second kappa shape index (κ2) is 3.98. The van der Waals surface area contributed by atoms with Crippen molar-refractivity contribution < 1.29 is 0 Å². The van der Waals surface area contributed by atoms with Crippen LogP contribution >= 0.6 is 31.9 Å². The summed E-state index contributed by atoms with van der Waals surface area (Å²) in [7, 11) is 0. The molecule has 1 aliphatic heterocycles. The van der Waals surface area contributed by atoms with Crippen LogP contribution in [-0.2, 0) is 0 Å². The van der Waals surface area contributed by atoms with Crippen LogP contribution in [0.5, 0.6) is 0 Å². The van der Waals surface area contributed by atoms with E-state index in [0.717, 1.165) is 26.9 Å². The Morgan fingerprint density at radius 3 is 2.50 bits per heavy atom. The summed E-state index contributed by atoms with van der Waals surface area (Å²) in [5.74, 6) is 0.929. The molecule has 1 aliphatic rings. The number of hydrogen-bond acceptors (Lipinski definition) is 3. The van der Waals surface area contributed by atoms with Crippen molar-refractivity contribution in [2.45, 2.75) is 13.0 Å². The molecule has 0 saturated carbocycles. The Bertz CT molecular complexity index is 369. The first-order chi connectivity index (χ1) is 6.68. The molecule has 1 aromatic heterocycles. The summed E-state index contributed by atoms with van der Waals surface area (Å²) in [5.41, 5.74) is 1.05. The Hall–Kier alpha value is -0.420. The highest BCUT2D eigenvalue weighted by Gasteiger charge is 2.18. The van der Waals surface area contributed by atoms with Crippen molar-refractivity contribution in [2.24, 2.45) is 4.99 Å². The lowest BCUT2D eigenvalue weighted by atomic mass is 10.2. The van der Waals surface area contributed by atoms with E-state index in [2.05, 4.69) is 54.1 Å². The molecule has 2 rings (SSSR count).